The van der Waals surface area contributed by atoms with Crippen LogP contribution in [0.15, 0.2) is 42.5 Å². The second-order valence-corrected chi connectivity index (χ2v) is 4.12. The smallest absolute Gasteiger partial charge is 0.307 e. The van der Waals surface area contributed by atoms with Crippen LogP contribution in [0.1, 0.15) is 24.3 Å². The zero-order valence-corrected chi connectivity index (χ0v) is 8.52. The van der Waals surface area contributed by atoms with Crippen LogP contribution >= 0.6 is 0 Å². The summed E-state index contributed by atoms with van der Waals surface area (Å²) in [5.41, 5.74) is 2.17. The molecule has 0 radical (unpaired) electrons. The fraction of sp³-hybridized carbons (Fsp3) is 0.308. The van der Waals surface area contributed by atoms with Gasteiger partial charge in [-0.05, 0) is 18.4 Å². The number of allylic oxidation sites excluding steroid dienone is 1. The number of rotatable bonds is 2. The molecule has 0 heterocycles. The van der Waals surface area contributed by atoms with Crippen molar-refractivity contribution in [1.82, 2.24) is 0 Å². The number of hydrogen-bond donors (Lipinski definition) is 1. The molecule has 2 nitrogen and oxygen atoms in total. The number of benzene rings is 1. The molecule has 2 atom stereocenters. The third kappa shape index (κ3) is 1.94. The van der Waals surface area contributed by atoms with E-state index in [1.165, 1.54) is 0 Å². The van der Waals surface area contributed by atoms with Crippen molar-refractivity contribution >= 4 is 5.97 Å². The molecule has 78 valence electrons. The maximum atomic E-state index is 11.1. The second kappa shape index (κ2) is 3.89. The van der Waals surface area contributed by atoms with Gasteiger partial charge in [-0.3, -0.25) is 4.79 Å². The minimum absolute atomic E-state index is 0.108. The van der Waals surface area contributed by atoms with E-state index in [1.54, 1.807) is 0 Å². The molecule has 0 aliphatic heterocycles. The van der Waals surface area contributed by atoms with Crippen molar-refractivity contribution in [1.29, 1.82) is 0 Å². The van der Waals surface area contributed by atoms with Crippen LogP contribution in [0, 0.1) is 5.92 Å². The van der Waals surface area contributed by atoms with E-state index in [2.05, 4.69) is 6.58 Å². The van der Waals surface area contributed by atoms with E-state index in [-0.39, 0.29) is 11.8 Å². The lowest BCUT2D eigenvalue weighted by Crippen LogP contribution is -2.16. The number of hydrogen-bond acceptors (Lipinski definition) is 1. The highest BCUT2D eigenvalue weighted by Gasteiger charge is 2.35. The van der Waals surface area contributed by atoms with Crippen LogP contribution in [0.2, 0.25) is 0 Å². The summed E-state index contributed by atoms with van der Waals surface area (Å²) in [4.78, 5) is 11.1. The van der Waals surface area contributed by atoms with Gasteiger partial charge in [0.05, 0.1) is 5.92 Å². The van der Waals surface area contributed by atoms with Crippen molar-refractivity contribution in [3.05, 3.63) is 48.0 Å². The van der Waals surface area contributed by atoms with Gasteiger partial charge in [-0.1, -0.05) is 42.5 Å². The predicted octanol–water partition coefficient (Wildman–Crippen LogP) is 2.82. The van der Waals surface area contributed by atoms with Gasteiger partial charge >= 0.3 is 5.97 Å². The van der Waals surface area contributed by atoms with E-state index in [4.69, 9.17) is 5.11 Å². The Bertz CT molecular complexity index is 381. The van der Waals surface area contributed by atoms with Gasteiger partial charge in [0, 0.05) is 5.92 Å². The van der Waals surface area contributed by atoms with Gasteiger partial charge in [0.25, 0.3) is 0 Å². The first kappa shape index (κ1) is 9.97. The Hall–Kier alpha value is -1.57. The molecule has 1 aliphatic rings. The van der Waals surface area contributed by atoms with Crippen molar-refractivity contribution in [2.24, 2.45) is 5.92 Å². The lowest BCUT2D eigenvalue weighted by molar-refractivity contribution is -0.141. The number of aliphatic carboxylic acids is 1. The van der Waals surface area contributed by atoms with Gasteiger partial charge in [-0.15, -0.1) is 0 Å². The Morgan fingerprint density at radius 2 is 1.93 bits per heavy atom. The van der Waals surface area contributed by atoms with Crippen LogP contribution in [0.25, 0.3) is 0 Å². The van der Waals surface area contributed by atoms with Crippen LogP contribution in [0.3, 0.4) is 0 Å². The van der Waals surface area contributed by atoms with Crippen molar-refractivity contribution < 1.29 is 9.90 Å². The highest BCUT2D eigenvalue weighted by atomic mass is 16.4. The summed E-state index contributed by atoms with van der Waals surface area (Å²) in [6.07, 6.45) is 1.43. The normalized spacial score (nSPS) is 25.5. The zero-order valence-electron chi connectivity index (χ0n) is 8.52. The molecule has 1 saturated carbocycles. The van der Waals surface area contributed by atoms with Crippen molar-refractivity contribution in [3.8, 4) is 0 Å². The van der Waals surface area contributed by atoms with E-state index in [9.17, 15) is 4.79 Å². The predicted molar refractivity (Wildman–Crippen MR) is 58.7 cm³/mol. The van der Waals surface area contributed by atoms with Crippen LogP contribution in [0.5, 0.6) is 0 Å². The Balaban J connectivity index is 2.28. The summed E-state index contributed by atoms with van der Waals surface area (Å²) in [6, 6.07) is 9.85. The molecule has 0 amide bonds. The number of carboxylic acid groups (broad SMARTS) is 1. The average molecular weight is 202 g/mol. The monoisotopic (exact) mass is 202 g/mol. The van der Waals surface area contributed by atoms with Crippen molar-refractivity contribution in [2.45, 2.75) is 18.8 Å². The highest BCUT2D eigenvalue weighted by Crippen LogP contribution is 2.42. The molecular formula is C13H14O2. The second-order valence-electron chi connectivity index (χ2n) is 4.12. The third-order valence-corrected chi connectivity index (χ3v) is 3.05. The third-order valence-electron chi connectivity index (χ3n) is 3.05. The Morgan fingerprint density at radius 3 is 2.53 bits per heavy atom. The van der Waals surface area contributed by atoms with E-state index >= 15 is 0 Å². The van der Waals surface area contributed by atoms with Gasteiger partial charge in [-0.25, -0.2) is 0 Å². The molecule has 0 bridgehead atoms. The standard InChI is InChI=1S/C13H14O2/c1-9-7-11(12(8-9)13(14)15)10-5-3-2-4-6-10/h2-6,11-12H,1,7-8H2,(H,14,15)/t11-,12+/m1/s1. The fourth-order valence-corrected chi connectivity index (χ4v) is 2.30. The fourth-order valence-electron chi connectivity index (χ4n) is 2.30. The number of carboxylic acids is 1. The summed E-state index contributed by atoms with van der Waals surface area (Å²) in [5, 5.41) is 9.12. The highest BCUT2D eigenvalue weighted by molar-refractivity contribution is 5.72. The maximum Gasteiger partial charge on any atom is 0.307 e. The SMILES string of the molecule is C=C1C[C@H](C(=O)O)[C@@H](c2ccccc2)C1. The summed E-state index contributed by atoms with van der Waals surface area (Å²) in [6.45, 7) is 3.90. The zero-order chi connectivity index (χ0) is 10.8. The van der Waals surface area contributed by atoms with E-state index in [0.717, 1.165) is 17.6 Å². The number of carbonyl (C=O) groups is 1. The van der Waals surface area contributed by atoms with Gasteiger partial charge in [0.1, 0.15) is 0 Å². The molecule has 1 aromatic carbocycles. The molecule has 1 fully saturated rings. The molecule has 1 N–H and O–H groups in total. The van der Waals surface area contributed by atoms with E-state index in [0.29, 0.717) is 6.42 Å². The Morgan fingerprint density at radius 1 is 1.27 bits per heavy atom. The minimum atomic E-state index is -0.706. The molecule has 2 rings (SSSR count). The molecule has 0 unspecified atom stereocenters. The lowest BCUT2D eigenvalue weighted by atomic mass is 9.89. The van der Waals surface area contributed by atoms with E-state index < -0.39 is 5.97 Å². The van der Waals surface area contributed by atoms with E-state index in [1.807, 2.05) is 30.3 Å². The van der Waals surface area contributed by atoms with Gasteiger partial charge < -0.3 is 5.11 Å². The summed E-state index contributed by atoms with van der Waals surface area (Å²) in [7, 11) is 0. The summed E-state index contributed by atoms with van der Waals surface area (Å²) < 4.78 is 0. The summed E-state index contributed by atoms with van der Waals surface area (Å²) >= 11 is 0. The largest absolute Gasteiger partial charge is 0.481 e. The molecule has 0 saturated heterocycles. The Labute approximate surface area is 89.2 Å². The van der Waals surface area contributed by atoms with Crippen LogP contribution in [-0.4, -0.2) is 11.1 Å². The van der Waals surface area contributed by atoms with Crippen molar-refractivity contribution in [3.63, 3.8) is 0 Å². The summed E-state index contributed by atoms with van der Waals surface area (Å²) in [5.74, 6) is -0.890. The molecule has 15 heavy (non-hydrogen) atoms. The molecular weight excluding hydrogens is 188 g/mol. The topological polar surface area (TPSA) is 37.3 Å². The Kier molecular flexibility index (Phi) is 2.58. The van der Waals surface area contributed by atoms with Crippen LogP contribution < -0.4 is 0 Å². The molecule has 1 aliphatic carbocycles. The quantitative estimate of drug-likeness (QED) is 0.749. The molecule has 1 aromatic rings. The van der Waals surface area contributed by atoms with Gasteiger partial charge in [-0.2, -0.15) is 0 Å². The minimum Gasteiger partial charge on any atom is -0.481 e. The maximum absolute atomic E-state index is 11.1. The van der Waals surface area contributed by atoms with Crippen LogP contribution in [-0.2, 0) is 4.79 Å². The average Bonchev–Trinajstić information content (AvgIpc) is 2.62. The van der Waals surface area contributed by atoms with Crippen LogP contribution in [0.4, 0.5) is 0 Å². The molecule has 2 heteroatoms. The first-order chi connectivity index (χ1) is 7.18. The van der Waals surface area contributed by atoms with Crippen molar-refractivity contribution in [2.75, 3.05) is 0 Å². The molecule has 0 aromatic heterocycles. The lowest BCUT2D eigenvalue weighted by Gasteiger charge is -2.15. The first-order valence-corrected chi connectivity index (χ1v) is 5.13. The van der Waals surface area contributed by atoms with Gasteiger partial charge in [0.2, 0.25) is 0 Å². The first-order valence-electron chi connectivity index (χ1n) is 5.13. The van der Waals surface area contributed by atoms with Gasteiger partial charge in [0.15, 0.2) is 0 Å². The molecule has 0 spiro atoms.